The van der Waals surface area contributed by atoms with Gasteiger partial charge in [0.05, 0.1) is 10.0 Å². The Labute approximate surface area is 132 Å². The molecular weight excluding hydrogens is 311 g/mol. The van der Waals surface area contributed by atoms with Crippen molar-refractivity contribution in [2.75, 3.05) is 10.6 Å². The van der Waals surface area contributed by atoms with E-state index in [4.69, 9.17) is 23.2 Å². The van der Waals surface area contributed by atoms with Gasteiger partial charge in [0.1, 0.15) is 0 Å². The highest BCUT2D eigenvalue weighted by atomic mass is 35.5. The number of anilines is 2. The van der Waals surface area contributed by atoms with Crippen molar-refractivity contribution in [1.82, 2.24) is 0 Å². The molecular formula is C15H12Cl2N2O2. The normalized spacial score (nSPS) is 10.0. The Morgan fingerprint density at radius 3 is 2.05 bits per heavy atom. The number of benzene rings is 2. The van der Waals surface area contributed by atoms with Crippen LogP contribution in [0.15, 0.2) is 42.5 Å². The first kappa shape index (κ1) is 15.4. The van der Waals surface area contributed by atoms with Crippen molar-refractivity contribution in [3.05, 3.63) is 58.1 Å². The highest BCUT2D eigenvalue weighted by molar-refractivity contribution is 6.42. The van der Waals surface area contributed by atoms with Crippen molar-refractivity contribution in [2.24, 2.45) is 0 Å². The molecule has 0 aliphatic heterocycles. The molecule has 0 bridgehead atoms. The Bertz CT molecular complexity index is 685. The molecule has 6 heteroatoms. The fraction of sp³-hybridized carbons (Fsp3) is 0.0667. The molecule has 0 saturated heterocycles. The van der Waals surface area contributed by atoms with Crippen molar-refractivity contribution in [3.63, 3.8) is 0 Å². The zero-order chi connectivity index (χ0) is 15.4. The van der Waals surface area contributed by atoms with Crippen molar-refractivity contribution >= 4 is 46.4 Å². The minimum absolute atomic E-state index is 0.164. The van der Waals surface area contributed by atoms with Crippen LogP contribution < -0.4 is 10.6 Å². The van der Waals surface area contributed by atoms with E-state index in [2.05, 4.69) is 10.6 Å². The summed E-state index contributed by atoms with van der Waals surface area (Å²) in [6.07, 6.45) is 0. The highest BCUT2D eigenvalue weighted by Crippen LogP contribution is 2.25. The van der Waals surface area contributed by atoms with Gasteiger partial charge in [-0.3, -0.25) is 9.59 Å². The van der Waals surface area contributed by atoms with Crippen molar-refractivity contribution in [1.29, 1.82) is 0 Å². The van der Waals surface area contributed by atoms with Crippen molar-refractivity contribution in [3.8, 4) is 0 Å². The summed E-state index contributed by atoms with van der Waals surface area (Å²) in [6, 6.07) is 11.4. The summed E-state index contributed by atoms with van der Waals surface area (Å²) in [4.78, 5) is 23.0. The molecule has 108 valence electrons. The van der Waals surface area contributed by atoms with E-state index in [0.717, 1.165) is 0 Å². The molecule has 0 fully saturated rings. The van der Waals surface area contributed by atoms with Gasteiger partial charge in [-0.1, -0.05) is 23.2 Å². The van der Waals surface area contributed by atoms with Gasteiger partial charge in [0.25, 0.3) is 5.91 Å². The van der Waals surface area contributed by atoms with E-state index < -0.39 is 0 Å². The third-order valence-corrected chi connectivity index (χ3v) is 3.38. The molecule has 0 aromatic heterocycles. The van der Waals surface area contributed by atoms with Crippen LogP contribution in [-0.2, 0) is 4.79 Å². The summed E-state index contributed by atoms with van der Waals surface area (Å²) in [6.45, 7) is 1.42. The fourth-order valence-corrected chi connectivity index (χ4v) is 1.98. The summed E-state index contributed by atoms with van der Waals surface area (Å²) in [5.74, 6) is -0.439. The van der Waals surface area contributed by atoms with Gasteiger partial charge in [-0.25, -0.2) is 0 Å². The van der Waals surface area contributed by atoms with Crippen molar-refractivity contribution < 1.29 is 9.59 Å². The number of hydrogen-bond donors (Lipinski definition) is 2. The zero-order valence-electron chi connectivity index (χ0n) is 11.1. The second-order valence-corrected chi connectivity index (χ2v) is 5.16. The highest BCUT2D eigenvalue weighted by Gasteiger charge is 2.07. The molecule has 0 aliphatic carbocycles. The third-order valence-electron chi connectivity index (χ3n) is 2.64. The van der Waals surface area contributed by atoms with E-state index in [1.807, 2.05) is 0 Å². The number of hydrogen-bond acceptors (Lipinski definition) is 2. The summed E-state index contributed by atoms with van der Waals surface area (Å²) < 4.78 is 0. The first-order valence-electron chi connectivity index (χ1n) is 6.10. The molecule has 2 aromatic rings. The third kappa shape index (κ3) is 4.21. The maximum Gasteiger partial charge on any atom is 0.255 e. The van der Waals surface area contributed by atoms with Gasteiger partial charge in [0.15, 0.2) is 0 Å². The molecule has 0 aliphatic rings. The van der Waals surface area contributed by atoms with E-state index in [9.17, 15) is 9.59 Å². The molecule has 0 heterocycles. The van der Waals surface area contributed by atoms with Gasteiger partial charge in [-0.2, -0.15) is 0 Å². The number of carbonyl (C=O) groups excluding carboxylic acids is 2. The molecule has 4 nitrogen and oxygen atoms in total. The first-order valence-corrected chi connectivity index (χ1v) is 6.85. The van der Waals surface area contributed by atoms with Crippen LogP contribution in [0.2, 0.25) is 10.0 Å². The van der Waals surface area contributed by atoms with Gasteiger partial charge in [-0.15, -0.1) is 0 Å². The van der Waals surface area contributed by atoms with Gasteiger partial charge in [0, 0.05) is 23.9 Å². The Morgan fingerprint density at radius 1 is 0.857 bits per heavy atom. The second-order valence-electron chi connectivity index (χ2n) is 4.34. The maximum absolute atomic E-state index is 12.1. The topological polar surface area (TPSA) is 58.2 Å². The van der Waals surface area contributed by atoms with E-state index in [1.54, 1.807) is 42.5 Å². The second kappa shape index (κ2) is 6.61. The summed E-state index contributed by atoms with van der Waals surface area (Å²) in [5.41, 5.74) is 1.66. The lowest BCUT2D eigenvalue weighted by Gasteiger charge is -2.07. The Balaban J connectivity index is 2.09. The molecule has 2 aromatic carbocycles. The number of carbonyl (C=O) groups is 2. The summed E-state index contributed by atoms with van der Waals surface area (Å²) in [5, 5.41) is 6.14. The van der Waals surface area contributed by atoms with E-state index in [-0.39, 0.29) is 11.8 Å². The molecule has 0 atom stereocenters. The average molecular weight is 323 g/mol. The molecule has 0 unspecified atom stereocenters. The molecule has 2 N–H and O–H groups in total. The maximum atomic E-state index is 12.1. The van der Waals surface area contributed by atoms with Crippen LogP contribution in [0.5, 0.6) is 0 Å². The number of halogens is 2. The number of nitrogens with one attached hydrogen (secondary N) is 2. The quantitative estimate of drug-likeness (QED) is 0.889. The summed E-state index contributed by atoms with van der Waals surface area (Å²) >= 11 is 11.7. The van der Waals surface area contributed by atoms with Gasteiger partial charge in [0.2, 0.25) is 5.91 Å². The predicted octanol–water partition coefficient (Wildman–Crippen LogP) is 4.20. The number of rotatable bonds is 3. The van der Waals surface area contributed by atoms with Crippen LogP contribution in [-0.4, -0.2) is 11.8 Å². The number of amides is 2. The predicted molar refractivity (Wildman–Crippen MR) is 85.2 cm³/mol. The largest absolute Gasteiger partial charge is 0.326 e. The van der Waals surface area contributed by atoms with E-state index in [0.29, 0.717) is 27.0 Å². The molecule has 0 spiro atoms. The molecule has 0 radical (unpaired) electrons. The van der Waals surface area contributed by atoms with Crippen LogP contribution in [0.3, 0.4) is 0 Å². The lowest BCUT2D eigenvalue weighted by Crippen LogP contribution is -2.12. The molecule has 21 heavy (non-hydrogen) atoms. The molecule has 2 rings (SSSR count). The van der Waals surface area contributed by atoms with Gasteiger partial charge >= 0.3 is 0 Å². The average Bonchev–Trinajstić information content (AvgIpc) is 2.43. The van der Waals surface area contributed by atoms with Crippen LogP contribution >= 0.6 is 23.2 Å². The summed E-state index contributed by atoms with van der Waals surface area (Å²) in [7, 11) is 0. The van der Waals surface area contributed by atoms with E-state index in [1.165, 1.54) is 6.92 Å². The zero-order valence-corrected chi connectivity index (χ0v) is 12.6. The van der Waals surface area contributed by atoms with Crippen LogP contribution in [0.25, 0.3) is 0 Å². The monoisotopic (exact) mass is 322 g/mol. The fourth-order valence-electron chi connectivity index (χ4n) is 1.69. The lowest BCUT2D eigenvalue weighted by atomic mass is 10.2. The minimum atomic E-state index is -0.275. The Morgan fingerprint density at radius 2 is 1.48 bits per heavy atom. The molecule has 2 amide bonds. The van der Waals surface area contributed by atoms with Gasteiger partial charge in [-0.05, 0) is 42.5 Å². The SMILES string of the molecule is CC(=O)Nc1ccc(C(=O)Nc2ccc(Cl)c(Cl)c2)cc1. The molecule has 0 saturated carbocycles. The standard InChI is InChI=1S/C15H12Cl2N2O2/c1-9(20)18-11-4-2-10(3-5-11)15(21)19-12-6-7-13(16)14(17)8-12/h2-8H,1H3,(H,18,20)(H,19,21). The van der Waals surface area contributed by atoms with Crippen LogP contribution in [0.4, 0.5) is 11.4 Å². The lowest BCUT2D eigenvalue weighted by molar-refractivity contribution is -0.114. The first-order chi connectivity index (χ1) is 9.95. The van der Waals surface area contributed by atoms with Crippen LogP contribution in [0.1, 0.15) is 17.3 Å². The van der Waals surface area contributed by atoms with Crippen LogP contribution in [0, 0.1) is 0 Å². The van der Waals surface area contributed by atoms with Gasteiger partial charge < -0.3 is 10.6 Å². The smallest absolute Gasteiger partial charge is 0.255 e. The minimum Gasteiger partial charge on any atom is -0.326 e. The van der Waals surface area contributed by atoms with Crippen molar-refractivity contribution in [2.45, 2.75) is 6.92 Å². The Hall–Kier alpha value is -2.04. The Kier molecular flexibility index (Phi) is 4.83. The van der Waals surface area contributed by atoms with E-state index >= 15 is 0 Å².